The first-order chi connectivity index (χ1) is 20.0. The highest BCUT2D eigenvalue weighted by atomic mass is 32.2. The van der Waals surface area contributed by atoms with Crippen molar-refractivity contribution in [3.05, 3.63) is 66.4 Å². The van der Waals surface area contributed by atoms with Gasteiger partial charge in [0.25, 0.3) is 0 Å². The van der Waals surface area contributed by atoms with Gasteiger partial charge in [-0.15, -0.1) is 0 Å². The highest BCUT2D eigenvalue weighted by Gasteiger charge is 2.34. The zero-order valence-corrected chi connectivity index (χ0v) is 25.4. The van der Waals surface area contributed by atoms with E-state index in [-0.39, 0.29) is 23.2 Å². The Kier molecular flexibility index (Phi) is 10.6. The van der Waals surface area contributed by atoms with Crippen LogP contribution in [-0.2, 0) is 23.6 Å². The van der Waals surface area contributed by atoms with E-state index in [4.69, 9.17) is 9.05 Å². The van der Waals surface area contributed by atoms with Crippen molar-refractivity contribution in [2.45, 2.75) is 37.6 Å². The van der Waals surface area contributed by atoms with Gasteiger partial charge < -0.3 is 19.7 Å². The number of sulfonamides is 1. The quantitative estimate of drug-likeness (QED) is 0.234. The lowest BCUT2D eigenvalue weighted by molar-refractivity contribution is 0.160. The van der Waals surface area contributed by atoms with Crippen molar-refractivity contribution in [3.8, 4) is 0 Å². The SMILES string of the molecule is CCOP(=O)(CN1CCC(N(C)S(=O)(=O)c2ccc(Nc3nccc(Nc4ccc(F)c(F)c4)n3)cc2)CC1)OCC. The molecule has 1 saturated heterocycles. The molecule has 0 saturated carbocycles. The van der Waals surface area contributed by atoms with E-state index in [2.05, 4.69) is 20.6 Å². The van der Waals surface area contributed by atoms with Crippen molar-refractivity contribution < 1.29 is 30.8 Å². The number of aromatic nitrogens is 2. The van der Waals surface area contributed by atoms with Crippen molar-refractivity contribution in [1.29, 1.82) is 0 Å². The minimum absolute atomic E-state index is 0.143. The standard InChI is InChI=1S/C27H35F2N6O5PS/c1-4-39-41(36,40-5-2)19-35-16-13-22(14-17-35)34(3)42(37,38)23-9-6-20(7-10-23)32-27-30-15-12-26(33-27)31-21-8-11-24(28)25(29)18-21/h6-12,15,18,22H,4-5,13-14,16-17,19H2,1-3H3,(H2,30,31,32,33). The number of nitrogens with zero attached hydrogens (tertiary/aromatic N) is 4. The van der Waals surface area contributed by atoms with Crippen LogP contribution in [0.2, 0.25) is 0 Å². The molecule has 4 rings (SSSR count). The molecule has 1 aliphatic heterocycles. The van der Waals surface area contributed by atoms with Crippen molar-refractivity contribution in [1.82, 2.24) is 19.2 Å². The number of anilines is 4. The van der Waals surface area contributed by atoms with E-state index < -0.39 is 29.3 Å². The van der Waals surface area contributed by atoms with Crippen LogP contribution in [0, 0.1) is 11.6 Å². The summed E-state index contributed by atoms with van der Waals surface area (Å²) >= 11 is 0. The fraction of sp³-hybridized carbons (Fsp3) is 0.407. The molecule has 0 radical (unpaired) electrons. The van der Waals surface area contributed by atoms with E-state index in [1.807, 2.05) is 4.90 Å². The lowest BCUT2D eigenvalue weighted by Gasteiger charge is -2.37. The van der Waals surface area contributed by atoms with Crippen LogP contribution in [0.15, 0.2) is 59.6 Å². The Balaban J connectivity index is 1.35. The number of benzene rings is 2. The Morgan fingerprint density at radius 1 is 0.976 bits per heavy atom. The van der Waals surface area contributed by atoms with Crippen molar-refractivity contribution >= 4 is 40.8 Å². The van der Waals surface area contributed by atoms with Gasteiger partial charge in [-0.3, -0.25) is 9.46 Å². The molecule has 3 aromatic rings. The van der Waals surface area contributed by atoms with Gasteiger partial charge in [0.2, 0.25) is 16.0 Å². The zero-order chi connectivity index (χ0) is 30.3. The number of hydrogen-bond acceptors (Lipinski definition) is 10. The van der Waals surface area contributed by atoms with Crippen molar-refractivity contribution in [3.63, 3.8) is 0 Å². The Bertz CT molecular complexity index is 1500. The third kappa shape index (κ3) is 8.09. The highest BCUT2D eigenvalue weighted by Crippen LogP contribution is 2.48. The summed E-state index contributed by atoms with van der Waals surface area (Å²) in [5.41, 5.74) is 0.877. The first-order valence-corrected chi connectivity index (χ1v) is 16.7. The topological polar surface area (TPSA) is 126 Å². The molecule has 1 aromatic heterocycles. The average Bonchev–Trinajstić information content (AvgIpc) is 2.96. The maximum absolute atomic E-state index is 13.5. The fourth-order valence-corrected chi connectivity index (χ4v) is 7.81. The Hall–Kier alpha value is -3.00. The van der Waals surface area contributed by atoms with Crippen LogP contribution < -0.4 is 10.6 Å². The summed E-state index contributed by atoms with van der Waals surface area (Å²) < 4.78 is 78.5. The summed E-state index contributed by atoms with van der Waals surface area (Å²) in [5.74, 6) is -1.36. The summed E-state index contributed by atoms with van der Waals surface area (Å²) in [7, 11) is -5.40. The van der Waals surface area contributed by atoms with Gasteiger partial charge in [-0.25, -0.2) is 22.2 Å². The van der Waals surface area contributed by atoms with Crippen LogP contribution in [0.25, 0.3) is 0 Å². The third-order valence-corrected chi connectivity index (χ3v) is 10.7. The summed E-state index contributed by atoms with van der Waals surface area (Å²) in [6.07, 6.45) is 2.84. The van der Waals surface area contributed by atoms with Crippen LogP contribution in [-0.4, -0.2) is 73.3 Å². The first-order valence-electron chi connectivity index (χ1n) is 13.5. The second kappa shape index (κ2) is 14.0. The second-order valence-corrected chi connectivity index (χ2v) is 13.6. The van der Waals surface area contributed by atoms with Gasteiger partial charge in [-0.2, -0.15) is 9.29 Å². The molecule has 42 heavy (non-hydrogen) atoms. The van der Waals surface area contributed by atoms with Crippen LogP contribution in [0.3, 0.4) is 0 Å². The molecule has 0 bridgehead atoms. The summed E-state index contributed by atoms with van der Waals surface area (Å²) in [6.45, 7) is 5.26. The predicted molar refractivity (Wildman–Crippen MR) is 157 cm³/mol. The molecule has 0 aliphatic carbocycles. The number of hydrogen-bond donors (Lipinski definition) is 2. The largest absolute Gasteiger partial charge is 0.344 e. The molecule has 0 spiro atoms. The molecular formula is C27H35F2N6O5PS. The van der Waals surface area contributed by atoms with Gasteiger partial charge in [0.15, 0.2) is 11.6 Å². The second-order valence-electron chi connectivity index (χ2n) is 9.63. The zero-order valence-electron chi connectivity index (χ0n) is 23.7. The van der Waals surface area contributed by atoms with Gasteiger partial charge in [0.1, 0.15) is 12.1 Å². The minimum atomic E-state index is -3.76. The lowest BCUT2D eigenvalue weighted by Crippen LogP contribution is -2.45. The Morgan fingerprint density at radius 2 is 1.62 bits per heavy atom. The normalized spacial score (nSPS) is 15.2. The van der Waals surface area contributed by atoms with Crippen LogP contribution in [0.4, 0.5) is 31.9 Å². The molecule has 0 unspecified atom stereocenters. The number of nitrogens with one attached hydrogen (secondary N) is 2. The lowest BCUT2D eigenvalue weighted by atomic mass is 10.1. The van der Waals surface area contributed by atoms with Gasteiger partial charge in [-0.05, 0) is 69.2 Å². The van der Waals surface area contributed by atoms with Crippen molar-refractivity contribution in [2.24, 2.45) is 0 Å². The molecule has 2 heterocycles. The Labute approximate surface area is 244 Å². The molecule has 11 nitrogen and oxygen atoms in total. The predicted octanol–water partition coefficient (Wildman–Crippen LogP) is 5.55. The van der Waals surface area contributed by atoms with E-state index >= 15 is 0 Å². The monoisotopic (exact) mass is 624 g/mol. The van der Waals surface area contributed by atoms with Gasteiger partial charge >= 0.3 is 7.60 Å². The van der Waals surface area contributed by atoms with E-state index in [0.29, 0.717) is 56.3 Å². The van der Waals surface area contributed by atoms with Crippen molar-refractivity contribution in [2.75, 3.05) is 50.3 Å². The van der Waals surface area contributed by atoms with Crippen LogP contribution in [0.1, 0.15) is 26.7 Å². The molecule has 0 atom stereocenters. The van der Waals surface area contributed by atoms with E-state index in [9.17, 15) is 21.8 Å². The molecule has 0 amide bonds. The van der Waals surface area contributed by atoms with Crippen LogP contribution >= 0.6 is 7.60 Å². The average molecular weight is 625 g/mol. The van der Waals surface area contributed by atoms with Gasteiger partial charge in [-0.1, -0.05) is 0 Å². The highest BCUT2D eigenvalue weighted by molar-refractivity contribution is 7.89. The molecule has 1 aliphatic rings. The van der Waals surface area contributed by atoms with Crippen LogP contribution in [0.5, 0.6) is 0 Å². The summed E-state index contributed by atoms with van der Waals surface area (Å²) in [4.78, 5) is 10.6. The first kappa shape index (κ1) is 31.9. The number of halogens is 2. The molecule has 15 heteroatoms. The van der Waals surface area contributed by atoms with E-state index in [1.54, 1.807) is 39.1 Å². The molecular weight excluding hydrogens is 589 g/mol. The molecule has 2 aromatic carbocycles. The molecule has 1 fully saturated rings. The van der Waals surface area contributed by atoms with Gasteiger partial charge in [0, 0.05) is 49.8 Å². The third-order valence-electron chi connectivity index (χ3n) is 6.73. The molecule has 228 valence electrons. The number of rotatable bonds is 13. The maximum atomic E-state index is 13.5. The minimum Gasteiger partial charge on any atom is -0.340 e. The smallest absolute Gasteiger partial charge is 0.340 e. The Morgan fingerprint density at radius 3 is 2.24 bits per heavy atom. The summed E-state index contributed by atoms with van der Waals surface area (Å²) in [6, 6.07) is 11.0. The fourth-order valence-electron chi connectivity index (χ4n) is 4.59. The molecule has 2 N–H and O–H groups in total. The number of likely N-dealkylation sites (tertiary alicyclic amines) is 1. The van der Waals surface area contributed by atoms with E-state index in [0.717, 1.165) is 12.1 Å². The maximum Gasteiger partial charge on any atom is 0.344 e. The van der Waals surface area contributed by atoms with E-state index in [1.165, 1.54) is 28.7 Å². The number of piperidine rings is 1. The summed E-state index contributed by atoms with van der Waals surface area (Å²) in [5, 5.41) is 5.89. The van der Waals surface area contributed by atoms with Gasteiger partial charge in [0.05, 0.1) is 18.1 Å².